The Morgan fingerprint density at radius 1 is 0.350 bits per heavy atom. The van der Waals surface area contributed by atoms with Crippen LogP contribution in [0.15, 0.2) is 146 Å². The molecule has 18 heteroatoms. The molecular weight excluding hydrogens is 901 g/mol. The molecule has 0 N–H and O–H groups in total. The average Bonchev–Trinajstić information content (AvgIpc) is 3.16. The van der Waals surface area contributed by atoms with E-state index in [2.05, 4.69) is 121 Å². The number of hydrogen-bond acceptors (Lipinski definition) is 9. The molecule has 2 unspecified atom stereocenters. The van der Waals surface area contributed by atoms with Gasteiger partial charge in [0.1, 0.15) is 0 Å². The smallest absolute Gasteiger partial charge is 0.437 e. The molecular formula is C42H68O9Si9. The summed E-state index contributed by atoms with van der Waals surface area (Å²) in [6.45, 7) is 35.4. The highest BCUT2D eigenvalue weighted by Gasteiger charge is 2.61. The minimum absolute atomic E-state index is 0.910. The van der Waals surface area contributed by atoms with Gasteiger partial charge in [-0.2, -0.15) is 0 Å². The first-order valence-electron chi connectivity index (χ1n) is 20.4. The van der Waals surface area contributed by atoms with E-state index in [4.69, 9.17) is 37.3 Å². The summed E-state index contributed by atoms with van der Waals surface area (Å²) in [5.41, 5.74) is 3.84. The summed E-state index contributed by atoms with van der Waals surface area (Å²) >= 11 is 0. The van der Waals surface area contributed by atoms with Crippen LogP contribution in [-0.2, 0) is 37.3 Å². The van der Waals surface area contributed by atoms with Crippen LogP contribution in [0.1, 0.15) is 0 Å². The van der Waals surface area contributed by atoms with Crippen molar-refractivity contribution in [1.29, 1.82) is 0 Å². The van der Waals surface area contributed by atoms with Gasteiger partial charge in [-0.05, 0) is 92.8 Å². The molecule has 2 atom stereocenters. The quantitative estimate of drug-likeness (QED) is 0.0681. The fourth-order valence-corrected chi connectivity index (χ4v) is 46.3. The molecule has 0 aromatic heterocycles. The molecule has 0 heterocycles. The van der Waals surface area contributed by atoms with Gasteiger partial charge in [0.25, 0.3) is 0 Å². The van der Waals surface area contributed by atoms with E-state index < -0.39 is 76.8 Å². The third-order valence-corrected chi connectivity index (χ3v) is 42.9. The molecule has 0 spiro atoms. The van der Waals surface area contributed by atoms with Crippen molar-refractivity contribution in [3.8, 4) is 0 Å². The van der Waals surface area contributed by atoms with Gasteiger partial charge in [-0.25, -0.2) is 0 Å². The first kappa shape index (κ1) is 50.6. The van der Waals surface area contributed by atoms with Crippen molar-refractivity contribution in [3.63, 3.8) is 0 Å². The summed E-state index contributed by atoms with van der Waals surface area (Å²) < 4.78 is 65.2. The molecule has 4 aromatic carbocycles. The predicted octanol–water partition coefficient (Wildman–Crippen LogP) is 8.52. The van der Waals surface area contributed by atoms with E-state index in [0.29, 0.717) is 0 Å². The third kappa shape index (κ3) is 13.7. The Morgan fingerprint density at radius 2 is 0.667 bits per heavy atom. The summed E-state index contributed by atoms with van der Waals surface area (Å²) in [4.78, 5) is 0. The Kier molecular flexibility index (Phi) is 16.7. The number of rotatable bonds is 23. The van der Waals surface area contributed by atoms with Crippen LogP contribution in [0.4, 0.5) is 0 Å². The standard InChI is InChI=1S/C42H68O9Si9/c1-17-53(7,8)45-58(16,51-60(41-35-27-21-28-36-41,42-37-29-22-30-38-42)48-55(11,12)44-52(4,5)6)50-57(15,43-3)47-56(13,14)49-59(46-54(9,10)18-2,39-31-23-19-24-32-39)40-33-25-20-26-34-40/h17-38H,1-2H2,3-16H3. The maximum Gasteiger partial charge on any atom is 0.481 e. The van der Waals surface area contributed by atoms with Crippen LogP contribution in [0.3, 0.4) is 0 Å². The van der Waals surface area contributed by atoms with Crippen LogP contribution in [0.2, 0.25) is 85.1 Å². The van der Waals surface area contributed by atoms with E-state index in [-0.39, 0.29) is 0 Å². The van der Waals surface area contributed by atoms with Gasteiger partial charge in [0.05, 0.1) is 0 Å². The molecule has 0 radical (unpaired) electrons. The maximum atomic E-state index is 7.71. The monoisotopic (exact) mass is 968 g/mol. The Balaban J connectivity index is 1.91. The SMILES string of the molecule is C=C[Si](C)(C)O[Si](C)(O[Si](C)(OC)O[Si](C)(C)O[Si](O[Si](C)(C)C=C)(c1ccccc1)c1ccccc1)O[Si](O[Si](C)(C)O[Si](C)(C)C)(c1ccccc1)c1ccccc1. The highest BCUT2D eigenvalue weighted by atomic mass is 28.5. The zero-order valence-electron chi connectivity index (χ0n) is 38.3. The van der Waals surface area contributed by atoms with Crippen molar-refractivity contribution in [2.24, 2.45) is 0 Å². The molecule has 0 aliphatic rings. The molecule has 4 rings (SSSR count). The fourth-order valence-electron chi connectivity index (χ4n) is 7.09. The molecule has 0 saturated heterocycles. The molecule has 0 fully saturated rings. The molecule has 9 nitrogen and oxygen atoms in total. The van der Waals surface area contributed by atoms with E-state index in [0.717, 1.165) is 20.7 Å². The van der Waals surface area contributed by atoms with Crippen LogP contribution < -0.4 is 20.7 Å². The lowest BCUT2D eigenvalue weighted by molar-refractivity contribution is 0.141. The van der Waals surface area contributed by atoms with Crippen molar-refractivity contribution in [2.75, 3.05) is 7.11 Å². The summed E-state index contributed by atoms with van der Waals surface area (Å²) in [6.07, 6.45) is 0. The van der Waals surface area contributed by atoms with Crippen LogP contribution in [0.5, 0.6) is 0 Å². The van der Waals surface area contributed by atoms with Crippen molar-refractivity contribution >= 4 is 97.6 Å². The molecule has 0 aliphatic heterocycles. The summed E-state index contributed by atoms with van der Waals surface area (Å²) in [7, 11) is -26.5. The van der Waals surface area contributed by atoms with Crippen molar-refractivity contribution in [2.45, 2.75) is 85.1 Å². The van der Waals surface area contributed by atoms with E-state index in [9.17, 15) is 0 Å². The largest absolute Gasteiger partial charge is 0.481 e. The number of benzene rings is 4. The Morgan fingerprint density at radius 3 is 0.983 bits per heavy atom. The van der Waals surface area contributed by atoms with Gasteiger partial charge in [-0.1, -0.05) is 133 Å². The van der Waals surface area contributed by atoms with E-state index in [1.165, 1.54) is 0 Å². The van der Waals surface area contributed by atoms with E-state index in [1.807, 2.05) is 110 Å². The summed E-state index contributed by atoms with van der Waals surface area (Å²) in [5, 5.41) is 3.76. The Bertz CT molecular complexity index is 1910. The van der Waals surface area contributed by atoms with Gasteiger partial charge in [0.2, 0.25) is 16.6 Å². The predicted molar refractivity (Wildman–Crippen MR) is 268 cm³/mol. The van der Waals surface area contributed by atoms with Crippen LogP contribution in [0.25, 0.3) is 0 Å². The minimum Gasteiger partial charge on any atom is -0.437 e. The molecule has 0 amide bonds. The molecule has 326 valence electrons. The van der Waals surface area contributed by atoms with Gasteiger partial charge in [0.15, 0.2) is 8.32 Å². The summed E-state index contributed by atoms with van der Waals surface area (Å²) in [5.74, 6) is 0. The molecule has 60 heavy (non-hydrogen) atoms. The van der Waals surface area contributed by atoms with Gasteiger partial charge in [-0.15, -0.1) is 13.2 Å². The van der Waals surface area contributed by atoms with E-state index >= 15 is 0 Å². The van der Waals surface area contributed by atoms with Crippen molar-refractivity contribution < 1.29 is 37.3 Å². The van der Waals surface area contributed by atoms with Crippen LogP contribution in [-0.4, -0.2) is 83.9 Å². The second kappa shape index (κ2) is 19.8. The zero-order valence-corrected chi connectivity index (χ0v) is 47.3. The fraction of sp³-hybridized carbons (Fsp3) is 0.333. The van der Waals surface area contributed by atoms with Crippen LogP contribution in [0, 0.1) is 0 Å². The maximum absolute atomic E-state index is 7.71. The molecule has 0 bridgehead atoms. The number of hydrogen-bond donors (Lipinski definition) is 0. The highest BCUT2D eigenvalue weighted by molar-refractivity contribution is 7.04. The first-order valence-corrected chi connectivity index (χ1v) is 43.5. The molecule has 4 aromatic rings. The lowest BCUT2D eigenvalue weighted by Gasteiger charge is -2.47. The second-order valence-electron chi connectivity index (χ2n) is 18.0. The van der Waals surface area contributed by atoms with Gasteiger partial charge in [-0.3, -0.25) is 0 Å². The van der Waals surface area contributed by atoms with Gasteiger partial charge >= 0.3 is 51.9 Å². The van der Waals surface area contributed by atoms with Crippen molar-refractivity contribution in [3.05, 3.63) is 146 Å². The minimum atomic E-state index is -3.89. The normalized spacial score (nSPS) is 15.5. The summed E-state index contributed by atoms with van der Waals surface area (Å²) in [6, 6.07) is 40.8. The molecule has 0 saturated carbocycles. The van der Waals surface area contributed by atoms with E-state index in [1.54, 1.807) is 7.11 Å². The van der Waals surface area contributed by atoms with Gasteiger partial charge in [0, 0.05) is 20.2 Å². The highest BCUT2D eigenvalue weighted by Crippen LogP contribution is 2.32. The van der Waals surface area contributed by atoms with Crippen molar-refractivity contribution in [1.82, 2.24) is 0 Å². The first-order chi connectivity index (χ1) is 27.8. The second-order valence-corrected chi connectivity index (χ2v) is 50.2. The average molecular weight is 970 g/mol. The Hall–Kier alpha value is -2.05. The third-order valence-electron chi connectivity index (χ3n) is 9.29. The lowest BCUT2D eigenvalue weighted by atomic mass is 10.4. The Labute approximate surface area is 370 Å². The lowest BCUT2D eigenvalue weighted by Crippen LogP contribution is -2.75. The zero-order chi connectivity index (χ0) is 44.7. The topological polar surface area (TPSA) is 83.1 Å². The van der Waals surface area contributed by atoms with Gasteiger partial charge < -0.3 is 37.3 Å². The van der Waals surface area contributed by atoms with Crippen LogP contribution >= 0.6 is 0 Å². The molecule has 0 aliphatic carbocycles.